The van der Waals surface area contributed by atoms with E-state index in [1.165, 1.54) is 12.1 Å². The van der Waals surface area contributed by atoms with Crippen molar-refractivity contribution in [3.8, 4) is 0 Å². The molecule has 0 bridgehead atoms. The van der Waals surface area contributed by atoms with Gasteiger partial charge in [0.1, 0.15) is 11.5 Å². The van der Waals surface area contributed by atoms with Gasteiger partial charge in [0.05, 0.1) is 8.49 Å². The van der Waals surface area contributed by atoms with E-state index < -0.39 is 10.7 Å². The van der Waals surface area contributed by atoms with Crippen molar-refractivity contribution in [2.24, 2.45) is 5.92 Å². The monoisotopic (exact) mass is 365 g/mol. The van der Waals surface area contributed by atoms with Crippen LogP contribution in [0.1, 0.15) is 6.42 Å². The highest BCUT2D eigenvalue weighted by molar-refractivity contribution is 14.1. The minimum atomic E-state index is -0.489. The van der Waals surface area contributed by atoms with Crippen molar-refractivity contribution in [3.63, 3.8) is 0 Å². The Balaban J connectivity index is 2.14. The second kappa shape index (κ2) is 5.79. The van der Waals surface area contributed by atoms with Gasteiger partial charge in [-0.15, -0.1) is 0 Å². The molecule has 1 fully saturated rings. The van der Waals surface area contributed by atoms with Crippen molar-refractivity contribution in [3.05, 3.63) is 31.6 Å². The molecule has 1 saturated heterocycles. The van der Waals surface area contributed by atoms with Crippen LogP contribution in [0.5, 0.6) is 0 Å². The zero-order chi connectivity index (χ0) is 13.1. The van der Waals surface area contributed by atoms with Gasteiger partial charge in [-0.1, -0.05) is 0 Å². The van der Waals surface area contributed by atoms with Crippen molar-refractivity contribution in [2.75, 3.05) is 25.0 Å². The standard InChI is InChI=1S/C11H13FIN3O2/c12-8-3-10(11(16(17)18)4-9(8)13)15-6-7-1-2-14-5-7/h3-4,7,14-15H,1-2,5-6H2. The molecular formula is C11H13FIN3O2. The van der Waals surface area contributed by atoms with Crippen molar-refractivity contribution in [2.45, 2.75) is 6.42 Å². The first-order valence-electron chi connectivity index (χ1n) is 5.66. The number of halogens is 2. The molecule has 1 aliphatic heterocycles. The van der Waals surface area contributed by atoms with E-state index in [9.17, 15) is 14.5 Å². The van der Waals surface area contributed by atoms with E-state index in [-0.39, 0.29) is 14.9 Å². The Bertz CT molecular complexity index is 464. The molecule has 1 heterocycles. The third-order valence-corrected chi connectivity index (χ3v) is 3.81. The van der Waals surface area contributed by atoms with Crippen LogP contribution in [0, 0.1) is 25.4 Å². The number of nitro benzene ring substituents is 1. The molecule has 2 N–H and O–H groups in total. The largest absolute Gasteiger partial charge is 0.379 e. The third kappa shape index (κ3) is 3.08. The predicted molar refractivity (Wildman–Crippen MR) is 75.2 cm³/mol. The van der Waals surface area contributed by atoms with E-state index >= 15 is 0 Å². The first-order valence-corrected chi connectivity index (χ1v) is 6.74. The fraction of sp³-hybridized carbons (Fsp3) is 0.455. The number of benzene rings is 1. The molecule has 7 heteroatoms. The Morgan fingerprint density at radius 2 is 2.39 bits per heavy atom. The van der Waals surface area contributed by atoms with Crippen LogP contribution in [0.4, 0.5) is 15.8 Å². The van der Waals surface area contributed by atoms with Crippen LogP contribution in [0.25, 0.3) is 0 Å². The number of nitro groups is 1. The van der Waals surface area contributed by atoms with E-state index in [1.54, 1.807) is 22.6 Å². The van der Waals surface area contributed by atoms with Crippen LogP contribution in [0.2, 0.25) is 0 Å². The molecule has 1 aromatic carbocycles. The number of nitrogens with one attached hydrogen (secondary N) is 2. The average Bonchev–Trinajstić information content (AvgIpc) is 2.83. The second-order valence-electron chi connectivity index (χ2n) is 4.28. The van der Waals surface area contributed by atoms with Gasteiger partial charge in [-0.2, -0.15) is 0 Å². The molecule has 1 aromatic rings. The molecule has 2 rings (SSSR count). The van der Waals surface area contributed by atoms with Crippen LogP contribution >= 0.6 is 22.6 Å². The summed E-state index contributed by atoms with van der Waals surface area (Å²) in [5.74, 6) is 0.000176. The first-order chi connectivity index (χ1) is 8.58. The maximum Gasteiger partial charge on any atom is 0.293 e. The lowest BCUT2D eigenvalue weighted by Crippen LogP contribution is -2.17. The van der Waals surface area contributed by atoms with Gasteiger partial charge in [-0.3, -0.25) is 10.1 Å². The first kappa shape index (κ1) is 13.5. The molecule has 1 atom stereocenters. The molecule has 0 spiro atoms. The Kier molecular flexibility index (Phi) is 4.33. The summed E-state index contributed by atoms with van der Waals surface area (Å²) in [6, 6.07) is 2.45. The van der Waals surface area contributed by atoms with Gasteiger partial charge >= 0.3 is 0 Å². The summed E-state index contributed by atoms with van der Waals surface area (Å²) < 4.78 is 13.7. The Morgan fingerprint density at radius 3 is 3.00 bits per heavy atom. The summed E-state index contributed by atoms with van der Waals surface area (Å²) >= 11 is 1.75. The molecule has 0 amide bonds. The maximum absolute atomic E-state index is 13.4. The van der Waals surface area contributed by atoms with Gasteiger partial charge < -0.3 is 10.6 Å². The van der Waals surface area contributed by atoms with Gasteiger partial charge in [0.2, 0.25) is 0 Å². The average molecular weight is 365 g/mol. The Hall–Kier alpha value is -0.960. The summed E-state index contributed by atoms with van der Waals surface area (Å²) in [6.45, 7) is 2.48. The highest BCUT2D eigenvalue weighted by Crippen LogP contribution is 2.29. The summed E-state index contributed by atoms with van der Waals surface area (Å²) in [7, 11) is 0. The molecule has 98 valence electrons. The smallest absolute Gasteiger partial charge is 0.293 e. The number of rotatable bonds is 4. The van der Waals surface area contributed by atoms with Crippen molar-refractivity contribution < 1.29 is 9.31 Å². The molecule has 1 aliphatic rings. The molecular weight excluding hydrogens is 352 g/mol. The highest BCUT2D eigenvalue weighted by Gasteiger charge is 2.19. The van der Waals surface area contributed by atoms with E-state index in [2.05, 4.69) is 10.6 Å². The lowest BCUT2D eigenvalue weighted by atomic mass is 10.1. The van der Waals surface area contributed by atoms with Crippen LogP contribution in [0.3, 0.4) is 0 Å². The van der Waals surface area contributed by atoms with Crippen LogP contribution in [-0.2, 0) is 0 Å². The van der Waals surface area contributed by atoms with Crippen LogP contribution in [-0.4, -0.2) is 24.6 Å². The van der Waals surface area contributed by atoms with E-state index in [0.717, 1.165) is 19.5 Å². The molecule has 5 nitrogen and oxygen atoms in total. The highest BCUT2D eigenvalue weighted by atomic mass is 127. The minimum Gasteiger partial charge on any atom is -0.379 e. The summed E-state index contributed by atoms with van der Waals surface area (Å²) in [5.41, 5.74) is 0.177. The molecule has 0 aliphatic carbocycles. The van der Waals surface area contributed by atoms with Crippen molar-refractivity contribution in [1.82, 2.24) is 5.32 Å². The SMILES string of the molecule is O=[N+]([O-])c1cc(I)c(F)cc1NCC1CCNC1. The van der Waals surface area contributed by atoms with Gasteiger partial charge in [-0.05, 0) is 48.0 Å². The number of nitrogens with zero attached hydrogens (tertiary/aromatic N) is 1. The molecule has 0 radical (unpaired) electrons. The maximum atomic E-state index is 13.4. The van der Waals surface area contributed by atoms with Crippen LogP contribution in [0.15, 0.2) is 12.1 Å². The second-order valence-corrected chi connectivity index (χ2v) is 5.44. The fourth-order valence-electron chi connectivity index (χ4n) is 1.97. The number of hydrogen-bond donors (Lipinski definition) is 2. The predicted octanol–water partition coefficient (Wildman–Crippen LogP) is 2.36. The summed E-state index contributed by atoms with van der Waals surface area (Å²) in [4.78, 5) is 10.4. The molecule has 0 aromatic heterocycles. The quantitative estimate of drug-likeness (QED) is 0.489. The van der Waals surface area contributed by atoms with Crippen molar-refractivity contribution >= 4 is 34.0 Å². The Morgan fingerprint density at radius 1 is 1.61 bits per heavy atom. The summed E-state index contributed by atoms with van der Waals surface area (Å²) in [5, 5.41) is 17.1. The van der Waals surface area contributed by atoms with E-state index in [1.807, 2.05) is 0 Å². The normalized spacial score (nSPS) is 18.9. The molecule has 18 heavy (non-hydrogen) atoms. The lowest BCUT2D eigenvalue weighted by molar-refractivity contribution is -0.384. The molecule has 1 unspecified atom stereocenters. The lowest BCUT2D eigenvalue weighted by Gasteiger charge is -2.12. The minimum absolute atomic E-state index is 0.0771. The molecule has 0 saturated carbocycles. The topological polar surface area (TPSA) is 67.2 Å². The van der Waals surface area contributed by atoms with Gasteiger partial charge in [0.25, 0.3) is 5.69 Å². The number of anilines is 1. The van der Waals surface area contributed by atoms with Gasteiger partial charge in [-0.25, -0.2) is 4.39 Å². The zero-order valence-electron chi connectivity index (χ0n) is 9.58. The van der Waals surface area contributed by atoms with Crippen molar-refractivity contribution in [1.29, 1.82) is 0 Å². The summed E-state index contributed by atoms with van der Waals surface area (Å²) in [6.07, 6.45) is 1.04. The Labute approximate surface area is 117 Å². The third-order valence-electron chi connectivity index (χ3n) is 2.98. The zero-order valence-corrected chi connectivity index (χ0v) is 11.7. The van der Waals surface area contributed by atoms with Gasteiger partial charge in [0.15, 0.2) is 0 Å². The number of hydrogen-bond acceptors (Lipinski definition) is 4. The van der Waals surface area contributed by atoms with E-state index in [0.29, 0.717) is 12.5 Å². The fourth-order valence-corrected chi connectivity index (χ4v) is 2.42. The van der Waals surface area contributed by atoms with Crippen LogP contribution < -0.4 is 10.6 Å². The van der Waals surface area contributed by atoms with Gasteiger partial charge in [0, 0.05) is 18.7 Å². The van der Waals surface area contributed by atoms with E-state index in [4.69, 9.17) is 0 Å².